The van der Waals surface area contributed by atoms with Crippen LogP contribution in [0.25, 0.3) is 0 Å². The van der Waals surface area contributed by atoms with Gasteiger partial charge in [0.15, 0.2) is 0 Å². The molecule has 0 aromatic heterocycles. The van der Waals surface area contributed by atoms with Crippen LogP contribution in [0.3, 0.4) is 0 Å². The molecule has 2 nitrogen and oxygen atoms in total. The van der Waals surface area contributed by atoms with E-state index in [0.717, 1.165) is 30.5 Å². The van der Waals surface area contributed by atoms with Crippen LogP contribution in [0.1, 0.15) is 33.5 Å². The summed E-state index contributed by atoms with van der Waals surface area (Å²) in [5, 5.41) is 0. The summed E-state index contributed by atoms with van der Waals surface area (Å²) < 4.78 is 0. The second-order valence-corrected chi connectivity index (χ2v) is 5.70. The van der Waals surface area contributed by atoms with E-state index in [2.05, 4.69) is 18.2 Å². The highest BCUT2D eigenvalue weighted by Crippen LogP contribution is 2.20. The Morgan fingerprint density at radius 3 is 2.71 bits per heavy atom. The fraction of sp³-hybridized carbons (Fsp3) is 0.278. The second-order valence-electron chi connectivity index (χ2n) is 5.43. The van der Waals surface area contributed by atoms with Crippen LogP contribution in [0.5, 0.6) is 0 Å². The molecular weight excluding hydrogens is 282 g/mol. The van der Waals surface area contributed by atoms with Crippen molar-refractivity contribution in [2.75, 3.05) is 6.54 Å². The van der Waals surface area contributed by atoms with Crippen molar-refractivity contribution >= 4 is 17.5 Å². The molecule has 1 aliphatic heterocycles. The SMILES string of the molecule is O=C(c1cccc(CCl)c1)N1CCCc2ccccc2C1. The number of halogens is 1. The van der Waals surface area contributed by atoms with Crippen molar-refractivity contribution in [1.82, 2.24) is 4.90 Å². The van der Waals surface area contributed by atoms with Gasteiger partial charge in [0.05, 0.1) is 0 Å². The molecule has 0 spiro atoms. The Hall–Kier alpha value is -1.80. The van der Waals surface area contributed by atoms with Gasteiger partial charge in [0, 0.05) is 24.5 Å². The molecule has 21 heavy (non-hydrogen) atoms. The lowest BCUT2D eigenvalue weighted by atomic mass is 10.0. The summed E-state index contributed by atoms with van der Waals surface area (Å²) in [6.45, 7) is 1.50. The number of nitrogens with zero attached hydrogens (tertiary/aromatic N) is 1. The fourth-order valence-electron chi connectivity index (χ4n) is 2.84. The van der Waals surface area contributed by atoms with Gasteiger partial charge in [0.25, 0.3) is 5.91 Å². The molecule has 0 bridgehead atoms. The molecule has 0 unspecified atom stereocenters. The van der Waals surface area contributed by atoms with E-state index in [4.69, 9.17) is 11.6 Å². The van der Waals surface area contributed by atoms with Crippen LogP contribution in [-0.2, 0) is 18.8 Å². The van der Waals surface area contributed by atoms with Gasteiger partial charge in [-0.15, -0.1) is 11.6 Å². The monoisotopic (exact) mass is 299 g/mol. The lowest BCUT2D eigenvalue weighted by molar-refractivity contribution is 0.0746. The van der Waals surface area contributed by atoms with Gasteiger partial charge in [0.1, 0.15) is 0 Å². The average Bonchev–Trinajstić information content (AvgIpc) is 2.76. The van der Waals surface area contributed by atoms with Gasteiger partial charge in [-0.25, -0.2) is 0 Å². The number of fused-ring (bicyclic) bond motifs is 1. The predicted octanol–water partition coefficient (Wildman–Crippen LogP) is 4.01. The number of carbonyl (C=O) groups excluding carboxylic acids is 1. The first-order chi connectivity index (χ1) is 10.3. The first-order valence-corrected chi connectivity index (χ1v) is 7.82. The molecule has 0 radical (unpaired) electrons. The summed E-state index contributed by atoms with van der Waals surface area (Å²) in [6, 6.07) is 16.0. The summed E-state index contributed by atoms with van der Waals surface area (Å²) >= 11 is 5.86. The van der Waals surface area contributed by atoms with Crippen molar-refractivity contribution in [3.8, 4) is 0 Å². The van der Waals surface area contributed by atoms with Crippen LogP contribution in [-0.4, -0.2) is 17.4 Å². The third kappa shape index (κ3) is 3.11. The van der Waals surface area contributed by atoms with Crippen LogP contribution in [0, 0.1) is 0 Å². The third-order valence-electron chi connectivity index (χ3n) is 3.97. The maximum atomic E-state index is 12.7. The summed E-state index contributed by atoms with van der Waals surface area (Å²) in [7, 11) is 0. The van der Waals surface area contributed by atoms with E-state index < -0.39 is 0 Å². The maximum Gasteiger partial charge on any atom is 0.254 e. The molecule has 3 rings (SSSR count). The zero-order valence-electron chi connectivity index (χ0n) is 11.9. The minimum absolute atomic E-state index is 0.0960. The molecule has 1 amide bonds. The Kier molecular flexibility index (Phi) is 4.26. The molecule has 3 heteroatoms. The summed E-state index contributed by atoms with van der Waals surface area (Å²) in [5.74, 6) is 0.530. The molecule has 0 fully saturated rings. The Balaban J connectivity index is 1.84. The van der Waals surface area contributed by atoms with Crippen molar-refractivity contribution < 1.29 is 4.79 Å². The van der Waals surface area contributed by atoms with Crippen molar-refractivity contribution in [3.05, 3.63) is 70.8 Å². The lowest BCUT2D eigenvalue weighted by Crippen LogP contribution is -2.30. The standard InChI is InChI=1S/C18H18ClNO/c19-12-14-5-3-8-16(11-14)18(21)20-10-4-9-15-6-1-2-7-17(15)13-20/h1-3,5-8,11H,4,9-10,12-13H2. The molecule has 0 N–H and O–H groups in total. The number of hydrogen-bond donors (Lipinski definition) is 0. The van der Waals surface area contributed by atoms with Crippen molar-refractivity contribution in [1.29, 1.82) is 0 Å². The lowest BCUT2D eigenvalue weighted by Gasteiger charge is -2.21. The van der Waals surface area contributed by atoms with Crippen LogP contribution in [0.2, 0.25) is 0 Å². The zero-order chi connectivity index (χ0) is 14.7. The Bertz CT molecular complexity index is 653. The summed E-state index contributed by atoms with van der Waals surface area (Å²) in [4.78, 5) is 14.7. The Labute approximate surface area is 130 Å². The quantitative estimate of drug-likeness (QED) is 0.767. The van der Waals surface area contributed by atoms with Gasteiger partial charge in [-0.3, -0.25) is 4.79 Å². The van der Waals surface area contributed by atoms with Gasteiger partial charge in [-0.1, -0.05) is 36.4 Å². The molecular formula is C18H18ClNO. The molecule has 0 saturated carbocycles. The smallest absolute Gasteiger partial charge is 0.254 e. The van der Waals surface area contributed by atoms with Crippen molar-refractivity contribution in [3.63, 3.8) is 0 Å². The van der Waals surface area contributed by atoms with E-state index in [1.54, 1.807) is 0 Å². The molecule has 2 aromatic rings. The van der Waals surface area contributed by atoms with Gasteiger partial charge in [-0.2, -0.15) is 0 Å². The fourth-order valence-corrected chi connectivity index (χ4v) is 3.01. The minimum atomic E-state index is 0.0960. The van der Waals surface area contributed by atoms with Crippen LogP contribution < -0.4 is 0 Å². The number of alkyl halides is 1. The van der Waals surface area contributed by atoms with E-state index in [0.29, 0.717) is 12.4 Å². The van der Waals surface area contributed by atoms with Crippen molar-refractivity contribution in [2.24, 2.45) is 0 Å². The number of hydrogen-bond acceptors (Lipinski definition) is 1. The van der Waals surface area contributed by atoms with Crippen LogP contribution >= 0.6 is 11.6 Å². The predicted molar refractivity (Wildman–Crippen MR) is 85.5 cm³/mol. The average molecular weight is 300 g/mol. The van der Waals surface area contributed by atoms with E-state index in [1.807, 2.05) is 35.2 Å². The minimum Gasteiger partial charge on any atom is -0.334 e. The molecule has 1 heterocycles. The second kappa shape index (κ2) is 6.31. The van der Waals surface area contributed by atoms with Gasteiger partial charge in [0.2, 0.25) is 0 Å². The highest BCUT2D eigenvalue weighted by atomic mass is 35.5. The number of rotatable bonds is 2. The van der Waals surface area contributed by atoms with E-state index in [1.165, 1.54) is 11.1 Å². The Morgan fingerprint density at radius 1 is 1.10 bits per heavy atom. The number of benzene rings is 2. The molecule has 2 aromatic carbocycles. The first kappa shape index (κ1) is 14.2. The highest BCUT2D eigenvalue weighted by molar-refractivity contribution is 6.17. The van der Waals surface area contributed by atoms with E-state index >= 15 is 0 Å². The van der Waals surface area contributed by atoms with E-state index in [-0.39, 0.29) is 5.91 Å². The highest BCUT2D eigenvalue weighted by Gasteiger charge is 2.20. The maximum absolute atomic E-state index is 12.7. The molecule has 0 aliphatic carbocycles. The van der Waals surface area contributed by atoms with Crippen LogP contribution in [0.15, 0.2) is 48.5 Å². The number of carbonyl (C=O) groups is 1. The topological polar surface area (TPSA) is 20.3 Å². The third-order valence-corrected chi connectivity index (χ3v) is 4.28. The summed E-state index contributed by atoms with van der Waals surface area (Å²) in [5.41, 5.74) is 4.34. The Morgan fingerprint density at radius 2 is 1.90 bits per heavy atom. The molecule has 0 atom stereocenters. The number of amides is 1. The summed E-state index contributed by atoms with van der Waals surface area (Å²) in [6.07, 6.45) is 2.06. The molecule has 1 aliphatic rings. The molecule has 0 saturated heterocycles. The van der Waals surface area contributed by atoms with Gasteiger partial charge in [-0.05, 0) is 41.7 Å². The number of aryl methyl sites for hydroxylation is 1. The van der Waals surface area contributed by atoms with Crippen LogP contribution in [0.4, 0.5) is 0 Å². The van der Waals surface area contributed by atoms with E-state index in [9.17, 15) is 4.79 Å². The van der Waals surface area contributed by atoms with Gasteiger partial charge >= 0.3 is 0 Å². The normalized spacial score (nSPS) is 14.4. The largest absolute Gasteiger partial charge is 0.334 e. The van der Waals surface area contributed by atoms with Crippen molar-refractivity contribution in [2.45, 2.75) is 25.3 Å². The van der Waals surface area contributed by atoms with Gasteiger partial charge < -0.3 is 4.90 Å². The zero-order valence-corrected chi connectivity index (χ0v) is 12.6. The first-order valence-electron chi connectivity index (χ1n) is 7.29. The molecule has 108 valence electrons.